The molecule has 0 spiro atoms. The molecule has 2 N–H and O–H groups in total. The van der Waals surface area contributed by atoms with E-state index < -0.39 is 5.60 Å². The Balaban J connectivity index is 1.80. The van der Waals surface area contributed by atoms with Gasteiger partial charge < -0.3 is 20.1 Å². The number of carbonyl (C=O) groups is 1. The van der Waals surface area contributed by atoms with E-state index in [4.69, 9.17) is 9.47 Å². The van der Waals surface area contributed by atoms with E-state index in [1.807, 2.05) is 32.9 Å². The number of amides is 1. The van der Waals surface area contributed by atoms with Crippen LogP contribution in [0.4, 0.5) is 10.5 Å². The summed E-state index contributed by atoms with van der Waals surface area (Å²) in [5.41, 5.74) is 1.73. The Kier molecular flexibility index (Phi) is 4.84. The fourth-order valence-corrected chi connectivity index (χ4v) is 2.48. The Bertz CT molecular complexity index is 531. The lowest BCUT2D eigenvalue weighted by Gasteiger charge is -2.37. The van der Waals surface area contributed by atoms with Crippen molar-refractivity contribution in [1.29, 1.82) is 0 Å². The zero-order valence-electron chi connectivity index (χ0n) is 14.0. The van der Waals surface area contributed by atoms with Gasteiger partial charge in [-0.1, -0.05) is 6.07 Å². The van der Waals surface area contributed by atoms with Gasteiger partial charge in [0.15, 0.2) is 0 Å². The highest BCUT2D eigenvalue weighted by atomic mass is 16.6. The molecule has 1 aromatic rings. The average molecular weight is 306 g/mol. The average Bonchev–Trinajstić information content (AvgIpc) is 2.34. The van der Waals surface area contributed by atoms with Crippen LogP contribution in [-0.2, 0) is 4.74 Å². The maximum atomic E-state index is 11.7. The van der Waals surface area contributed by atoms with Gasteiger partial charge in [0.2, 0.25) is 0 Å². The summed E-state index contributed by atoms with van der Waals surface area (Å²) in [7, 11) is 1.67. The molecule has 0 radical (unpaired) electrons. The second kappa shape index (κ2) is 6.46. The first-order valence-electron chi connectivity index (χ1n) is 7.67. The van der Waals surface area contributed by atoms with Crippen molar-refractivity contribution in [2.75, 3.05) is 12.4 Å². The van der Waals surface area contributed by atoms with E-state index >= 15 is 0 Å². The van der Waals surface area contributed by atoms with E-state index in [-0.39, 0.29) is 12.1 Å². The largest absolute Gasteiger partial charge is 0.495 e. The molecule has 0 unspecified atom stereocenters. The highest BCUT2D eigenvalue weighted by molar-refractivity contribution is 5.68. The standard InChI is InChI=1S/C17H26N2O3/c1-11-6-7-15(21-5)14(8-11)18-12-9-13(10-12)19-16(20)22-17(2,3)4/h6-8,12-13,18H,9-10H2,1-5H3,(H,19,20). The van der Waals surface area contributed by atoms with Crippen molar-refractivity contribution >= 4 is 11.8 Å². The number of aryl methyl sites for hydroxylation is 1. The summed E-state index contributed by atoms with van der Waals surface area (Å²) >= 11 is 0. The first-order chi connectivity index (χ1) is 10.3. The summed E-state index contributed by atoms with van der Waals surface area (Å²) in [6.07, 6.45) is 1.43. The van der Waals surface area contributed by atoms with E-state index in [1.54, 1.807) is 7.11 Å². The van der Waals surface area contributed by atoms with Crippen molar-refractivity contribution < 1.29 is 14.3 Å². The maximum absolute atomic E-state index is 11.7. The Morgan fingerprint density at radius 1 is 1.23 bits per heavy atom. The van der Waals surface area contributed by atoms with E-state index in [2.05, 4.69) is 23.6 Å². The van der Waals surface area contributed by atoms with Gasteiger partial charge >= 0.3 is 6.09 Å². The minimum absolute atomic E-state index is 0.170. The van der Waals surface area contributed by atoms with E-state index in [9.17, 15) is 4.79 Å². The fourth-order valence-electron chi connectivity index (χ4n) is 2.48. The second-order valence-electron chi connectivity index (χ2n) is 6.86. The smallest absolute Gasteiger partial charge is 0.407 e. The van der Waals surface area contributed by atoms with Crippen molar-refractivity contribution in [2.24, 2.45) is 0 Å². The van der Waals surface area contributed by atoms with Gasteiger partial charge in [-0.05, 0) is 58.2 Å². The van der Waals surface area contributed by atoms with Crippen LogP contribution < -0.4 is 15.4 Å². The minimum Gasteiger partial charge on any atom is -0.495 e. The number of hydrogen-bond acceptors (Lipinski definition) is 4. The van der Waals surface area contributed by atoms with Crippen LogP contribution in [0.3, 0.4) is 0 Å². The molecule has 1 fully saturated rings. The van der Waals surface area contributed by atoms with Gasteiger partial charge in [0.25, 0.3) is 0 Å². The molecule has 0 heterocycles. The summed E-state index contributed by atoms with van der Waals surface area (Å²) in [4.78, 5) is 11.7. The molecule has 1 aromatic carbocycles. The number of hydrogen-bond donors (Lipinski definition) is 2. The molecule has 122 valence electrons. The SMILES string of the molecule is COc1ccc(C)cc1NC1CC(NC(=O)OC(C)(C)C)C1. The van der Waals surface area contributed by atoms with Crippen LogP contribution in [-0.4, -0.2) is 30.9 Å². The number of methoxy groups -OCH3 is 1. The molecule has 0 aromatic heterocycles. The molecule has 1 saturated carbocycles. The van der Waals surface area contributed by atoms with E-state index in [1.165, 1.54) is 5.56 Å². The molecule has 1 aliphatic rings. The van der Waals surface area contributed by atoms with Gasteiger partial charge in [-0.25, -0.2) is 4.79 Å². The van der Waals surface area contributed by atoms with Crippen molar-refractivity contribution in [3.8, 4) is 5.75 Å². The van der Waals surface area contributed by atoms with Crippen LogP contribution in [0, 0.1) is 6.92 Å². The Hall–Kier alpha value is -1.91. The van der Waals surface area contributed by atoms with Crippen LogP contribution in [0.25, 0.3) is 0 Å². The third-order valence-corrected chi connectivity index (χ3v) is 3.57. The number of benzene rings is 1. The van der Waals surface area contributed by atoms with Crippen LogP contribution in [0.1, 0.15) is 39.2 Å². The van der Waals surface area contributed by atoms with Crippen LogP contribution in [0.15, 0.2) is 18.2 Å². The Labute approximate surface area is 132 Å². The molecule has 2 rings (SSSR count). The number of nitrogens with one attached hydrogen (secondary N) is 2. The summed E-state index contributed by atoms with van der Waals surface area (Å²) in [6.45, 7) is 7.64. The molecule has 1 amide bonds. The summed E-state index contributed by atoms with van der Waals surface area (Å²) in [5.74, 6) is 0.842. The number of anilines is 1. The predicted molar refractivity (Wildman–Crippen MR) is 87.5 cm³/mol. The topological polar surface area (TPSA) is 59.6 Å². The third-order valence-electron chi connectivity index (χ3n) is 3.57. The third kappa shape index (κ3) is 4.55. The molecule has 22 heavy (non-hydrogen) atoms. The summed E-state index contributed by atoms with van der Waals surface area (Å²) in [5, 5.41) is 6.37. The van der Waals surface area contributed by atoms with Gasteiger partial charge in [0.1, 0.15) is 11.4 Å². The Morgan fingerprint density at radius 2 is 1.91 bits per heavy atom. The van der Waals surface area contributed by atoms with Gasteiger partial charge in [0.05, 0.1) is 12.8 Å². The molecule has 5 nitrogen and oxygen atoms in total. The molecule has 0 saturated heterocycles. The summed E-state index contributed by atoms with van der Waals surface area (Å²) in [6, 6.07) is 6.58. The Morgan fingerprint density at radius 3 is 2.50 bits per heavy atom. The zero-order chi connectivity index (χ0) is 16.3. The van der Waals surface area contributed by atoms with E-state index in [0.717, 1.165) is 24.3 Å². The van der Waals surface area contributed by atoms with Gasteiger partial charge in [-0.15, -0.1) is 0 Å². The monoisotopic (exact) mass is 306 g/mol. The zero-order valence-corrected chi connectivity index (χ0v) is 14.0. The second-order valence-corrected chi connectivity index (χ2v) is 6.86. The molecule has 1 aliphatic carbocycles. The maximum Gasteiger partial charge on any atom is 0.407 e. The lowest BCUT2D eigenvalue weighted by Crippen LogP contribution is -2.50. The van der Waals surface area contributed by atoms with Crippen molar-refractivity contribution in [1.82, 2.24) is 5.32 Å². The van der Waals surface area contributed by atoms with Crippen LogP contribution in [0.2, 0.25) is 0 Å². The van der Waals surface area contributed by atoms with Gasteiger partial charge in [-0.3, -0.25) is 0 Å². The highest BCUT2D eigenvalue weighted by Gasteiger charge is 2.32. The highest BCUT2D eigenvalue weighted by Crippen LogP contribution is 2.30. The normalized spacial score (nSPS) is 20.8. The predicted octanol–water partition coefficient (Wildman–Crippen LogP) is 3.47. The van der Waals surface area contributed by atoms with E-state index in [0.29, 0.717) is 6.04 Å². The molecule has 5 heteroatoms. The van der Waals surface area contributed by atoms with Crippen molar-refractivity contribution in [3.05, 3.63) is 23.8 Å². The first-order valence-corrected chi connectivity index (χ1v) is 7.67. The number of carbonyl (C=O) groups excluding carboxylic acids is 1. The summed E-state index contributed by atoms with van der Waals surface area (Å²) < 4.78 is 10.6. The van der Waals surface area contributed by atoms with Gasteiger partial charge in [-0.2, -0.15) is 0 Å². The molecule has 0 aliphatic heterocycles. The molecular weight excluding hydrogens is 280 g/mol. The van der Waals surface area contributed by atoms with Gasteiger partial charge in [0, 0.05) is 12.1 Å². The number of alkyl carbamates (subject to hydrolysis) is 1. The molecule has 0 atom stereocenters. The van der Waals surface area contributed by atoms with Crippen LogP contribution >= 0.6 is 0 Å². The number of ether oxygens (including phenoxy) is 2. The molecular formula is C17H26N2O3. The lowest BCUT2D eigenvalue weighted by molar-refractivity contribution is 0.0475. The quantitative estimate of drug-likeness (QED) is 0.894. The van der Waals surface area contributed by atoms with Crippen molar-refractivity contribution in [3.63, 3.8) is 0 Å². The minimum atomic E-state index is -0.458. The lowest BCUT2D eigenvalue weighted by atomic mass is 9.86. The molecule has 0 bridgehead atoms. The fraction of sp³-hybridized carbons (Fsp3) is 0.588. The van der Waals surface area contributed by atoms with Crippen LogP contribution in [0.5, 0.6) is 5.75 Å². The van der Waals surface area contributed by atoms with Crippen molar-refractivity contribution in [2.45, 2.75) is 58.2 Å². The number of rotatable bonds is 4. The first kappa shape index (κ1) is 16.5.